The van der Waals surface area contributed by atoms with Crippen LogP contribution in [0.2, 0.25) is 0 Å². The minimum absolute atomic E-state index is 0.0135. The SMILES string of the molecule is CCCC[C@H]1C(=O)N2CCC[C@@H]2C(=O)N[C@@H](CC(=O)O)C(=O)N[C@@H](C(C)C)C(=O)N(C)[C@@H](CC(C)C)C(=O)N[C@@H](Cc2ccc(O)cc2)C(=O)N2CCCC[C@@H]2C(=O)N[C@H](Cc2c[nH]c3ccccc23)C(=O)N[C@@H](Cc2ccc(O)cc2)C(=O)N[C@@H](CC(C)C)C(=O)N[C@H](C(=O)NCC(N)=O)CSCC(=O)N[C@@H](Cc2ccc(F)cc2)C(=O)N(C)[C@@H](Cc2ccccc2)C(=O)N1C. The number of carbonyl (C=O) groups excluding carboxylic acids is 15. The van der Waals surface area contributed by atoms with E-state index < -0.39 is 209 Å². The van der Waals surface area contributed by atoms with Crippen molar-refractivity contribution in [2.75, 3.05) is 52.3 Å². The van der Waals surface area contributed by atoms with E-state index in [-0.39, 0.29) is 107 Å². The zero-order chi connectivity index (χ0) is 96.3. The molecular formula is C95H125FN16O19S. The number of primary amides is 1. The van der Waals surface area contributed by atoms with Crippen molar-refractivity contribution in [3.05, 3.63) is 167 Å². The van der Waals surface area contributed by atoms with E-state index >= 15 is 47.9 Å². The van der Waals surface area contributed by atoms with Gasteiger partial charge in [-0.2, -0.15) is 0 Å². The van der Waals surface area contributed by atoms with E-state index in [1.807, 2.05) is 6.92 Å². The number of unbranched alkanes of at least 4 members (excludes halogenated alkanes) is 1. The molecule has 15 N–H and O–H groups in total. The number of likely N-dealkylation sites (N-methyl/N-ethyl adjacent to an activating group) is 3. The van der Waals surface area contributed by atoms with E-state index in [2.05, 4.69) is 52.8 Å². The fourth-order valence-corrected chi connectivity index (χ4v) is 17.6. The zero-order valence-corrected chi connectivity index (χ0v) is 77.1. The number of piperidine rings is 1. The van der Waals surface area contributed by atoms with Crippen molar-refractivity contribution in [1.82, 2.24) is 77.3 Å². The number of benzene rings is 5. The first-order chi connectivity index (χ1) is 62.8. The Morgan fingerprint density at radius 2 is 0.985 bits per heavy atom. The summed E-state index contributed by atoms with van der Waals surface area (Å²) in [6, 6.07) is 12.7. The molecule has 4 heterocycles. The third kappa shape index (κ3) is 29.0. The number of phenolic OH excluding ortho intramolecular Hbond substituents is 2. The van der Waals surface area contributed by atoms with Gasteiger partial charge in [0.25, 0.3) is 0 Å². The van der Waals surface area contributed by atoms with Crippen LogP contribution in [-0.4, -0.2) is 270 Å². The summed E-state index contributed by atoms with van der Waals surface area (Å²) < 4.78 is 14.6. The van der Waals surface area contributed by atoms with Crippen LogP contribution in [0.1, 0.15) is 147 Å². The molecule has 37 heteroatoms. The number of aliphatic carboxylic acids is 1. The van der Waals surface area contributed by atoms with Crippen LogP contribution in [0.25, 0.3) is 10.9 Å². The number of nitrogens with one attached hydrogen (secondary N) is 10. The molecule has 0 radical (unpaired) electrons. The summed E-state index contributed by atoms with van der Waals surface area (Å²) in [5.41, 5.74) is 8.43. The fraction of sp³-hybridized carbons (Fsp3) is 0.495. The van der Waals surface area contributed by atoms with Crippen LogP contribution in [-0.2, 0) is 109 Å². The number of phenols is 2. The van der Waals surface area contributed by atoms with Gasteiger partial charge >= 0.3 is 5.97 Å². The van der Waals surface area contributed by atoms with Crippen molar-refractivity contribution in [1.29, 1.82) is 0 Å². The van der Waals surface area contributed by atoms with E-state index in [0.29, 0.717) is 64.4 Å². The number of carboxylic acid groups (broad SMARTS) is 1. The molecule has 3 saturated heterocycles. The van der Waals surface area contributed by atoms with Crippen molar-refractivity contribution in [2.45, 2.75) is 230 Å². The first-order valence-electron chi connectivity index (χ1n) is 44.9. The first-order valence-corrected chi connectivity index (χ1v) is 46.0. The lowest BCUT2D eigenvalue weighted by atomic mass is 9.95. The molecule has 1 aromatic heterocycles. The Labute approximate surface area is 771 Å². The number of rotatable bonds is 23. The summed E-state index contributed by atoms with van der Waals surface area (Å²) in [5.74, 6) is -18.1. The molecule has 0 saturated carbocycles. The van der Waals surface area contributed by atoms with Gasteiger partial charge in [-0.15, -0.1) is 11.8 Å². The van der Waals surface area contributed by atoms with Gasteiger partial charge in [0.05, 0.1) is 18.7 Å². The Bertz CT molecular complexity index is 5060. The number of carbonyl (C=O) groups is 16. The molecule has 0 bridgehead atoms. The number of aromatic amines is 1. The molecule has 132 heavy (non-hydrogen) atoms. The molecule has 15 amide bonds. The Morgan fingerprint density at radius 1 is 0.492 bits per heavy atom. The summed E-state index contributed by atoms with van der Waals surface area (Å²) in [5, 5.41) is 56.3. The number of thioether (sulfide) groups is 1. The third-order valence-electron chi connectivity index (χ3n) is 23.9. The Balaban J connectivity index is 1.13. The van der Waals surface area contributed by atoms with Gasteiger partial charge in [0.2, 0.25) is 88.6 Å². The number of hydrogen-bond acceptors (Lipinski definition) is 19. The quantitative estimate of drug-likeness (QED) is 0.0434. The molecule has 3 aliphatic heterocycles. The summed E-state index contributed by atoms with van der Waals surface area (Å²) >= 11 is 0.795. The predicted octanol–water partition coefficient (Wildman–Crippen LogP) is 3.72. The van der Waals surface area contributed by atoms with Gasteiger partial charge in [-0.25, -0.2) is 4.39 Å². The van der Waals surface area contributed by atoms with E-state index in [9.17, 15) is 48.5 Å². The number of hydrogen-bond donors (Lipinski definition) is 14. The summed E-state index contributed by atoms with van der Waals surface area (Å²) in [6.45, 7) is 11.3. The van der Waals surface area contributed by atoms with Gasteiger partial charge in [0, 0.05) is 89.2 Å². The molecular weight excluding hydrogens is 1720 g/mol. The number of aromatic hydroxyl groups is 2. The van der Waals surface area contributed by atoms with Crippen molar-refractivity contribution < 1.29 is 96.4 Å². The number of amides is 15. The monoisotopic (exact) mass is 1840 g/mol. The number of H-pyrrole nitrogens is 1. The zero-order valence-electron chi connectivity index (χ0n) is 76.3. The average molecular weight is 1850 g/mol. The molecule has 0 unspecified atom stereocenters. The first kappa shape index (κ1) is 103. The summed E-state index contributed by atoms with van der Waals surface area (Å²) in [7, 11) is 4.03. The van der Waals surface area contributed by atoms with Gasteiger partial charge in [-0.1, -0.05) is 146 Å². The lowest BCUT2D eigenvalue weighted by molar-refractivity contribution is -0.152. The van der Waals surface area contributed by atoms with E-state index in [4.69, 9.17) is 5.73 Å². The highest BCUT2D eigenvalue weighted by Crippen LogP contribution is 2.29. The van der Waals surface area contributed by atoms with Crippen molar-refractivity contribution >= 4 is 117 Å². The topological polar surface area (TPSA) is 500 Å². The third-order valence-corrected chi connectivity index (χ3v) is 25.0. The lowest BCUT2D eigenvalue weighted by Crippen LogP contribution is -2.63. The molecule has 3 fully saturated rings. The summed E-state index contributed by atoms with van der Waals surface area (Å²) in [4.78, 5) is 248. The predicted molar refractivity (Wildman–Crippen MR) is 490 cm³/mol. The van der Waals surface area contributed by atoms with Crippen molar-refractivity contribution in [2.24, 2.45) is 23.5 Å². The molecule has 13 atom stereocenters. The Morgan fingerprint density at radius 3 is 1.58 bits per heavy atom. The molecule has 0 spiro atoms. The van der Waals surface area contributed by atoms with Gasteiger partial charge in [0.1, 0.15) is 95.9 Å². The minimum Gasteiger partial charge on any atom is -0.508 e. The standard InChI is InChI=1S/C95H125FN16O19S/c1-11-12-25-76-94(130)112-41-20-27-75(112)89(125)104-70(49-81(117)118)87(123)107-82(56(6)7)95(131)109(9)77(43-55(4)5)90(126)105-72(46-60-32-38-64(114)39-33-60)92(128)111-40-19-18-26-74(111)88(124)103-69(48-61-50-98-66-24-17-16-23-65(61)66)86(122)102-68(44-59-30-36-63(113)37-31-59)85(121)101-67(42-54(2)3)84(120)106-73(83(119)99-51-79(97)115)52-132-53-80(116)100-71(45-58-28-34-62(96)35-29-58)91(127)110(10)78(93(129)108(76)8)47-57-21-14-13-15-22-57/h13-17,21-24,28-39,50,54-56,67-78,82,98,113-114H,11-12,18-20,25-27,40-49,51-53H2,1-10H3,(H2,97,115)(H,99,119)(H,100,116)(H,101,121)(H,102,122)(H,103,124)(H,104,125)(H,105,126)(H,106,120)(H,107,123)(H,117,118)/t67-,68-,69+,70-,71-,72-,73-,74+,75+,76-,77-,78-,82-/m0/s1. The van der Waals surface area contributed by atoms with E-state index in [1.165, 1.54) is 96.5 Å². The van der Waals surface area contributed by atoms with Crippen LogP contribution >= 0.6 is 11.8 Å². The second kappa shape index (κ2) is 48.8. The number of aromatic nitrogens is 1. The van der Waals surface area contributed by atoms with E-state index in [1.54, 1.807) is 102 Å². The molecule has 5 aromatic carbocycles. The average Bonchev–Trinajstić information content (AvgIpc) is 1.64. The van der Waals surface area contributed by atoms with E-state index in [0.717, 1.165) is 33.7 Å². The van der Waals surface area contributed by atoms with Crippen molar-refractivity contribution in [3.8, 4) is 11.5 Å². The van der Waals surface area contributed by atoms with Crippen molar-refractivity contribution in [3.63, 3.8) is 0 Å². The van der Waals surface area contributed by atoms with Gasteiger partial charge in [0.15, 0.2) is 0 Å². The number of fused-ring (bicyclic) bond motifs is 3. The van der Waals surface area contributed by atoms with Crippen LogP contribution in [0.3, 0.4) is 0 Å². The maximum Gasteiger partial charge on any atom is 0.305 e. The summed E-state index contributed by atoms with van der Waals surface area (Å²) in [6.07, 6.45) is 1.21. The van der Waals surface area contributed by atoms with Crippen LogP contribution in [0.15, 0.2) is 134 Å². The molecule has 35 nitrogen and oxygen atoms in total. The Hall–Kier alpha value is -13.0. The second-order valence-electron chi connectivity index (χ2n) is 35.4. The number of para-hydroxylation sites is 1. The molecule has 9 rings (SSSR count). The number of nitrogens with two attached hydrogens (primary N) is 1. The highest BCUT2D eigenvalue weighted by atomic mass is 32.2. The fourth-order valence-electron chi connectivity index (χ4n) is 16.7. The van der Waals surface area contributed by atoms with Crippen LogP contribution in [0, 0.1) is 23.6 Å². The molecule has 0 aliphatic carbocycles. The second-order valence-corrected chi connectivity index (χ2v) is 36.4. The normalized spacial score (nSPS) is 23.8. The number of carboxylic acids is 1. The smallest absolute Gasteiger partial charge is 0.305 e. The maximum absolute atomic E-state index is 15.8. The number of halogens is 1. The largest absolute Gasteiger partial charge is 0.508 e. The Kier molecular flexibility index (Phi) is 38.0. The molecule has 712 valence electrons. The highest BCUT2D eigenvalue weighted by molar-refractivity contribution is 8.00. The van der Waals surface area contributed by atoms with Gasteiger partial charge in [-0.3, -0.25) is 76.7 Å². The van der Waals surface area contributed by atoms with Gasteiger partial charge in [-0.05, 0) is 139 Å². The lowest BCUT2D eigenvalue weighted by Gasteiger charge is -2.38. The molecule has 3 aliphatic rings. The maximum atomic E-state index is 15.8. The van der Waals surface area contributed by atoms with Crippen LogP contribution in [0.4, 0.5) is 4.39 Å². The minimum atomic E-state index is -1.89. The van der Waals surface area contributed by atoms with Crippen LogP contribution in [0.5, 0.6) is 11.5 Å². The molecule has 6 aromatic rings. The van der Waals surface area contributed by atoms with Gasteiger partial charge < -0.3 is 98.4 Å². The van der Waals surface area contributed by atoms with Crippen LogP contribution < -0.4 is 53.6 Å². The highest BCUT2D eigenvalue weighted by Gasteiger charge is 2.46. The number of nitrogens with zero attached hydrogens (tertiary/aromatic N) is 5.